The monoisotopic (exact) mass is 691 g/mol. The maximum absolute atomic E-state index is 13.0. The van der Waals surface area contributed by atoms with Gasteiger partial charge in [0.2, 0.25) is 0 Å². The molecule has 5 heterocycles. The number of Topliss-reactive ketones (excluding diaryl/α,β-unsaturated/α-hetero) is 1. The number of rotatable bonds is 17. The largest absolute Gasteiger partial charge is 0.481 e. The fraction of sp³-hybridized carbons (Fsp3) is 0.366. The summed E-state index contributed by atoms with van der Waals surface area (Å²) in [7, 11) is 0. The van der Waals surface area contributed by atoms with Gasteiger partial charge in [-0.05, 0) is 105 Å². The van der Waals surface area contributed by atoms with Gasteiger partial charge in [-0.3, -0.25) is 9.59 Å². The Kier molecular flexibility index (Phi) is 12.4. The number of carboxylic acids is 1. The summed E-state index contributed by atoms with van der Waals surface area (Å²) in [4.78, 5) is 42.1. The van der Waals surface area contributed by atoms with Gasteiger partial charge in [0.1, 0.15) is 5.78 Å². The van der Waals surface area contributed by atoms with Crippen LogP contribution in [0.3, 0.4) is 0 Å². The Morgan fingerprint density at radius 3 is 1.76 bits per heavy atom. The lowest BCUT2D eigenvalue weighted by atomic mass is 9.97. The Balaban J connectivity index is 1.60. The van der Waals surface area contributed by atoms with Crippen molar-refractivity contribution < 1.29 is 24.2 Å². The predicted molar refractivity (Wildman–Crippen MR) is 207 cm³/mol. The van der Waals surface area contributed by atoms with E-state index in [1.807, 2.05) is 38.1 Å². The van der Waals surface area contributed by atoms with Gasteiger partial charge in [0.25, 0.3) is 0 Å². The molecule has 0 saturated carbocycles. The molecular formula is C41H49N5O5. The van der Waals surface area contributed by atoms with E-state index in [1.165, 1.54) is 0 Å². The van der Waals surface area contributed by atoms with Crippen molar-refractivity contribution in [2.24, 2.45) is 5.73 Å². The number of aromatic nitrogens is 4. The van der Waals surface area contributed by atoms with Crippen molar-refractivity contribution in [3.05, 3.63) is 82.5 Å². The second-order valence-electron chi connectivity index (χ2n) is 13.0. The van der Waals surface area contributed by atoms with E-state index in [0.717, 1.165) is 83.7 Å². The normalized spacial score (nSPS) is 12.9. The van der Waals surface area contributed by atoms with Crippen molar-refractivity contribution in [1.29, 1.82) is 0 Å². The number of hydrogen-bond donors (Lipinski definition) is 4. The zero-order valence-corrected chi connectivity index (χ0v) is 30.2. The van der Waals surface area contributed by atoms with Crippen LogP contribution in [0.5, 0.6) is 0 Å². The van der Waals surface area contributed by atoms with Gasteiger partial charge in [0, 0.05) is 65.6 Å². The number of aryl methyl sites for hydroxylation is 2. The molecule has 0 aliphatic carbocycles. The van der Waals surface area contributed by atoms with Crippen molar-refractivity contribution in [2.45, 2.75) is 66.2 Å². The highest BCUT2D eigenvalue weighted by molar-refractivity contribution is 5.97. The summed E-state index contributed by atoms with van der Waals surface area (Å²) in [6, 6.07) is 8.09. The number of ketones is 1. The number of carbonyl (C=O) groups is 2. The molecule has 268 valence electrons. The van der Waals surface area contributed by atoms with Crippen LogP contribution in [0.2, 0.25) is 0 Å². The van der Waals surface area contributed by atoms with Gasteiger partial charge in [-0.2, -0.15) is 0 Å². The van der Waals surface area contributed by atoms with Gasteiger partial charge < -0.3 is 30.3 Å². The Hall–Kier alpha value is -4.90. The zero-order chi connectivity index (χ0) is 36.7. The Morgan fingerprint density at radius 2 is 1.22 bits per heavy atom. The summed E-state index contributed by atoms with van der Waals surface area (Å²) >= 11 is 0. The molecule has 51 heavy (non-hydrogen) atoms. The summed E-state index contributed by atoms with van der Waals surface area (Å²) in [5.74, 6) is -0.716. The van der Waals surface area contributed by atoms with Crippen LogP contribution in [0, 0.1) is 13.8 Å². The van der Waals surface area contributed by atoms with Crippen molar-refractivity contribution in [3.63, 3.8) is 0 Å². The van der Waals surface area contributed by atoms with Gasteiger partial charge in [-0.25, -0.2) is 9.97 Å². The van der Waals surface area contributed by atoms with Gasteiger partial charge in [0.05, 0.1) is 42.6 Å². The Morgan fingerprint density at radius 1 is 0.706 bits per heavy atom. The minimum absolute atomic E-state index is 0.0242. The van der Waals surface area contributed by atoms with Crippen molar-refractivity contribution >= 4 is 68.3 Å². The van der Waals surface area contributed by atoms with E-state index >= 15 is 0 Å². The van der Waals surface area contributed by atoms with Crippen LogP contribution >= 0.6 is 0 Å². The van der Waals surface area contributed by atoms with Crippen molar-refractivity contribution in [2.75, 3.05) is 33.0 Å². The van der Waals surface area contributed by atoms with E-state index < -0.39 is 5.97 Å². The van der Waals surface area contributed by atoms with E-state index in [9.17, 15) is 14.7 Å². The van der Waals surface area contributed by atoms with Crippen molar-refractivity contribution in [3.8, 4) is 0 Å². The summed E-state index contributed by atoms with van der Waals surface area (Å²) in [6.45, 7) is 18.8. The average Bonchev–Trinajstić information content (AvgIpc) is 3.76. The van der Waals surface area contributed by atoms with Gasteiger partial charge in [0.15, 0.2) is 0 Å². The molecule has 5 rings (SSSR count). The minimum Gasteiger partial charge on any atom is -0.481 e. The summed E-state index contributed by atoms with van der Waals surface area (Å²) in [6.07, 6.45) is 5.95. The number of carboxylic acid groups (broad SMARTS) is 1. The topological polar surface area (TPSA) is 156 Å². The molecule has 0 radical (unpaired) electrons. The molecule has 0 aromatic carbocycles. The lowest BCUT2D eigenvalue weighted by molar-refractivity contribution is -0.136. The number of hydrogen-bond acceptors (Lipinski definition) is 7. The molecule has 0 unspecified atom stereocenters. The van der Waals surface area contributed by atoms with Crippen LogP contribution in [0.15, 0.2) is 37.4 Å². The molecule has 0 atom stereocenters. The van der Waals surface area contributed by atoms with E-state index in [4.69, 9.17) is 25.2 Å². The maximum atomic E-state index is 13.0. The molecule has 10 heteroatoms. The first-order chi connectivity index (χ1) is 24.6. The second-order valence-corrected chi connectivity index (χ2v) is 13.0. The predicted octanol–water partition coefficient (Wildman–Crippen LogP) is 8.07. The van der Waals surface area contributed by atoms with Crippen LogP contribution in [0.1, 0.15) is 97.4 Å². The number of aliphatic carboxylic acids is 1. The minimum atomic E-state index is -0.873. The molecule has 0 saturated heterocycles. The Bertz CT molecular complexity index is 2080. The number of nitrogens with two attached hydrogens (primary N) is 1. The number of allylic oxidation sites excluding steroid dienone is 4. The molecule has 3 aromatic heterocycles. The molecule has 5 N–H and O–H groups in total. The maximum Gasteiger partial charge on any atom is 0.303 e. The lowest BCUT2D eigenvalue weighted by Crippen LogP contribution is -2.12. The average molecular weight is 692 g/mol. The van der Waals surface area contributed by atoms with Crippen molar-refractivity contribution in [1.82, 2.24) is 19.9 Å². The van der Waals surface area contributed by atoms with Crippen LogP contribution in [0.4, 0.5) is 0 Å². The fourth-order valence-corrected chi connectivity index (χ4v) is 6.70. The lowest BCUT2D eigenvalue weighted by Gasteiger charge is -2.07. The number of carbonyl (C=O) groups excluding carboxylic acids is 1. The first-order valence-electron chi connectivity index (χ1n) is 17.6. The molecule has 2 aliphatic heterocycles. The smallest absolute Gasteiger partial charge is 0.303 e. The third-order valence-electron chi connectivity index (χ3n) is 9.66. The molecule has 0 spiro atoms. The van der Waals surface area contributed by atoms with Gasteiger partial charge in [-0.1, -0.05) is 25.3 Å². The third kappa shape index (κ3) is 8.53. The molecule has 0 fully saturated rings. The van der Waals surface area contributed by atoms with E-state index in [-0.39, 0.29) is 12.2 Å². The number of nitrogens with zero attached hydrogens (tertiary/aromatic N) is 2. The number of aromatic amines is 2. The van der Waals surface area contributed by atoms with E-state index in [1.54, 1.807) is 0 Å². The fourth-order valence-electron chi connectivity index (χ4n) is 6.70. The van der Waals surface area contributed by atoms with Crippen LogP contribution in [-0.4, -0.2) is 69.8 Å². The molecule has 0 amide bonds. The highest BCUT2D eigenvalue weighted by Gasteiger charge is 2.23. The molecule has 2 aliphatic rings. The highest BCUT2D eigenvalue weighted by Crippen LogP contribution is 2.38. The van der Waals surface area contributed by atoms with Crippen LogP contribution in [-0.2, 0) is 19.1 Å². The third-order valence-corrected chi connectivity index (χ3v) is 9.66. The highest BCUT2D eigenvalue weighted by atomic mass is 16.5. The first kappa shape index (κ1) is 37.4. The number of nitrogens with one attached hydrogen (secondary N) is 2. The van der Waals surface area contributed by atoms with Crippen LogP contribution in [0.25, 0.3) is 56.5 Å². The van der Waals surface area contributed by atoms with Crippen LogP contribution < -0.4 is 5.73 Å². The molecular weight excluding hydrogens is 642 g/mol. The molecule has 3 aromatic rings. The number of ether oxygens (including phenoxy) is 2. The SMILES string of the molecule is C=Cc1c(C)c2cc3[nH]c(cc4nc(cc5nc(cc1[nH]2)C(C)=C5CCC(=O)O)C(CCC(=O)CCCOCCOCCN)=C4C)c(C)c3C=C. The Labute approximate surface area is 299 Å². The number of H-pyrrole nitrogens is 2. The van der Waals surface area contributed by atoms with E-state index in [0.29, 0.717) is 70.8 Å². The summed E-state index contributed by atoms with van der Waals surface area (Å²) in [5, 5.41) is 9.59. The number of fused-ring (bicyclic) bond motifs is 8. The molecule has 10 nitrogen and oxygen atoms in total. The molecule has 8 bridgehead atoms. The van der Waals surface area contributed by atoms with Gasteiger partial charge >= 0.3 is 5.97 Å². The first-order valence-corrected chi connectivity index (χ1v) is 17.6. The van der Waals surface area contributed by atoms with E-state index in [2.05, 4.69) is 49.1 Å². The quantitative estimate of drug-likeness (QED) is 0.104. The second kappa shape index (κ2) is 16.9. The zero-order valence-electron chi connectivity index (χ0n) is 30.2. The summed E-state index contributed by atoms with van der Waals surface area (Å²) in [5.41, 5.74) is 19.8. The summed E-state index contributed by atoms with van der Waals surface area (Å²) < 4.78 is 10.9. The standard InChI is InChI=1S/C41H49N5O5/c1-7-29-24(3)33-20-34-26(5)31(12-11-28(47)10-9-16-50-18-19-51-17-15-42)39(45-34)23-40-32(13-14-41(48)49)27(6)36(46-40)22-38-30(8-2)25(4)35(44-38)21-37(29)43-33/h7-8,20-23,43-44H,1-2,9-19,42H2,3-6H3,(H,48,49). The van der Waals surface area contributed by atoms with Gasteiger partial charge in [-0.15, -0.1) is 0 Å².